The van der Waals surface area contributed by atoms with Crippen molar-refractivity contribution in [3.63, 3.8) is 0 Å². The van der Waals surface area contributed by atoms with Crippen molar-refractivity contribution in [2.24, 2.45) is 0 Å². The van der Waals surface area contributed by atoms with E-state index in [1.54, 1.807) is 17.4 Å². The van der Waals surface area contributed by atoms with E-state index in [9.17, 15) is 5.48 Å². The largest absolute Gasteiger partial charge is 0.455 e. The van der Waals surface area contributed by atoms with Gasteiger partial charge in [-0.3, -0.25) is 0 Å². The van der Waals surface area contributed by atoms with Gasteiger partial charge >= 0.3 is 0 Å². The van der Waals surface area contributed by atoms with Gasteiger partial charge in [-0.05, 0) is 68.1 Å². The molecule has 8 aromatic carbocycles. The number of benzene rings is 8. The first-order chi connectivity index (χ1) is 26.1. The third-order valence-electron chi connectivity index (χ3n) is 8.91. The molecule has 10 aromatic rings. The molecular weight excluding hydrogens is 577 g/mol. The average molecular weight is 611 g/mol. The van der Waals surface area contributed by atoms with Crippen LogP contribution in [-0.4, -0.2) is 0 Å². The molecule has 0 aliphatic rings. The van der Waals surface area contributed by atoms with Crippen molar-refractivity contribution in [3.05, 3.63) is 158 Å². The van der Waals surface area contributed by atoms with Crippen LogP contribution in [0.4, 0.5) is 0 Å². The van der Waals surface area contributed by atoms with Crippen LogP contribution in [0.15, 0.2) is 162 Å². The lowest BCUT2D eigenvalue weighted by molar-refractivity contribution is 0.670. The van der Waals surface area contributed by atoms with E-state index in [0.29, 0.717) is 27.9 Å². The molecule has 0 radical (unpaired) electrons. The number of hydrogen-bond donors (Lipinski definition) is 0. The maximum Gasteiger partial charge on any atom is 0.143 e. The van der Waals surface area contributed by atoms with Crippen molar-refractivity contribution in [1.29, 1.82) is 0 Å². The van der Waals surface area contributed by atoms with E-state index in [2.05, 4.69) is 30.3 Å². The van der Waals surface area contributed by atoms with Gasteiger partial charge in [0, 0.05) is 42.1 Å². The molecule has 46 heavy (non-hydrogen) atoms. The summed E-state index contributed by atoms with van der Waals surface area (Å²) in [7, 11) is 0. The molecule has 0 bridgehead atoms. The van der Waals surface area contributed by atoms with Crippen LogP contribution >= 0.6 is 11.3 Å². The van der Waals surface area contributed by atoms with Gasteiger partial charge in [-0.15, -0.1) is 11.3 Å². The number of hydrogen-bond acceptors (Lipinski definition) is 2. The van der Waals surface area contributed by atoms with Crippen LogP contribution in [0.5, 0.6) is 0 Å². The van der Waals surface area contributed by atoms with Crippen LogP contribution in [0.2, 0.25) is 0 Å². The number of rotatable bonds is 3. The second-order valence-corrected chi connectivity index (χ2v) is 12.5. The molecule has 2 heterocycles. The predicted molar refractivity (Wildman–Crippen MR) is 198 cm³/mol. The maximum absolute atomic E-state index is 9.38. The fourth-order valence-electron chi connectivity index (χ4n) is 6.89. The molecule has 10 rings (SSSR count). The molecule has 0 fully saturated rings. The highest BCUT2D eigenvalue weighted by atomic mass is 32.1. The predicted octanol–water partition coefficient (Wildman–Crippen LogP) is 13.3. The first-order valence-electron chi connectivity index (χ1n) is 19.0. The van der Waals surface area contributed by atoms with Crippen LogP contribution in [-0.2, 0) is 0 Å². The van der Waals surface area contributed by atoms with E-state index < -0.39 is 24.2 Å². The quantitative estimate of drug-likeness (QED) is 0.181. The highest BCUT2D eigenvalue weighted by Gasteiger charge is 2.20. The van der Waals surface area contributed by atoms with E-state index in [0.717, 1.165) is 32.0 Å². The molecule has 0 spiro atoms. The molecule has 0 aliphatic carbocycles. The zero-order valence-electron chi connectivity index (χ0n) is 32.2. The minimum Gasteiger partial charge on any atom is -0.455 e. The Morgan fingerprint density at radius 1 is 0.435 bits per heavy atom. The molecule has 0 N–H and O–H groups in total. The number of thiophene rings is 1. The first-order valence-corrected chi connectivity index (χ1v) is 15.8. The second-order valence-electron chi connectivity index (χ2n) is 11.4. The lowest BCUT2D eigenvalue weighted by atomic mass is 9.85. The van der Waals surface area contributed by atoms with Gasteiger partial charge in [-0.2, -0.15) is 0 Å². The van der Waals surface area contributed by atoms with Crippen molar-refractivity contribution in [1.82, 2.24) is 0 Å². The SMILES string of the molecule is [2H]c1c([2H])c([2H])c2c(-c3cccc4c3oc3ccccc34)c3c([2H])c([2H])c([2H])c([2H])c3c(-c3cccc(-c4ccc5c(c4)sc4ccccc45)c3)c2c1[2H]. The Balaban J connectivity index is 1.36. The molecule has 0 amide bonds. The summed E-state index contributed by atoms with van der Waals surface area (Å²) < 4.78 is 81.5. The normalized spacial score (nSPS) is 14.3. The number of fused-ring (bicyclic) bond motifs is 8. The molecule has 2 heteroatoms. The zero-order chi connectivity index (χ0) is 37.2. The van der Waals surface area contributed by atoms with Crippen LogP contribution in [0, 0.1) is 0 Å². The summed E-state index contributed by atoms with van der Waals surface area (Å²) in [4.78, 5) is 0. The minimum absolute atomic E-state index is 0.151. The van der Waals surface area contributed by atoms with Crippen molar-refractivity contribution < 1.29 is 15.4 Å². The smallest absolute Gasteiger partial charge is 0.143 e. The standard InChI is InChI=1S/C44H26OS/c1-3-17-35-33(15-1)42(29-12-9-11-27(25-29)28-23-24-32-31-14-6-8-22-40(31)46-41(32)26-28)34-16-2-4-18-36(34)43(35)38-20-10-19-37-30-13-5-7-21-39(30)45-44(37)38/h1-26H/i1D,2D,3D,4D,15D,16D,17D,18D. The van der Waals surface area contributed by atoms with Crippen molar-refractivity contribution in [2.45, 2.75) is 0 Å². The van der Waals surface area contributed by atoms with E-state index in [4.69, 9.17) is 9.90 Å². The second kappa shape index (κ2) is 9.90. The van der Waals surface area contributed by atoms with Crippen LogP contribution in [0.25, 0.3) is 97.0 Å². The molecule has 0 saturated carbocycles. The summed E-state index contributed by atoms with van der Waals surface area (Å²) in [6.07, 6.45) is 0. The molecule has 2 aromatic heterocycles. The minimum atomic E-state index is -0.443. The summed E-state index contributed by atoms with van der Waals surface area (Å²) in [5, 5.41) is 4.62. The van der Waals surface area contributed by atoms with E-state index in [1.807, 2.05) is 72.8 Å². The molecular formula is C44H26OS. The van der Waals surface area contributed by atoms with E-state index in [-0.39, 0.29) is 51.3 Å². The lowest BCUT2D eigenvalue weighted by Crippen LogP contribution is -1.91. The summed E-state index contributed by atoms with van der Waals surface area (Å²) in [5.41, 5.74) is 4.47. The van der Waals surface area contributed by atoms with Crippen LogP contribution in [0.1, 0.15) is 11.0 Å². The molecule has 0 aliphatic heterocycles. The Kier molecular flexibility index (Phi) is 4.08. The Labute approximate surface area is 280 Å². The average Bonchev–Trinajstić information content (AvgIpc) is 3.77. The monoisotopic (exact) mass is 610 g/mol. The van der Waals surface area contributed by atoms with Crippen LogP contribution in [0.3, 0.4) is 0 Å². The lowest BCUT2D eigenvalue weighted by Gasteiger charge is -2.18. The zero-order valence-corrected chi connectivity index (χ0v) is 25.0. The Morgan fingerprint density at radius 2 is 1.04 bits per heavy atom. The Morgan fingerprint density at radius 3 is 1.85 bits per heavy atom. The van der Waals surface area contributed by atoms with Gasteiger partial charge in [0.05, 0.1) is 11.0 Å². The fourth-order valence-corrected chi connectivity index (χ4v) is 8.03. The summed E-state index contributed by atoms with van der Waals surface area (Å²) >= 11 is 1.71. The van der Waals surface area contributed by atoms with E-state index >= 15 is 0 Å². The fraction of sp³-hybridized carbons (Fsp3) is 0. The Bertz CT molecular complexity index is 3190. The molecule has 0 saturated heterocycles. The van der Waals surface area contributed by atoms with Gasteiger partial charge in [0.2, 0.25) is 0 Å². The van der Waals surface area contributed by atoms with Crippen molar-refractivity contribution >= 4 is 75.0 Å². The highest BCUT2D eigenvalue weighted by Crippen LogP contribution is 2.47. The van der Waals surface area contributed by atoms with E-state index in [1.165, 1.54) is 10.1 Å². The van der Waals surface area contributed by atoms with Gasteiger partial charge < -0.3 is 4.42 Å². The van der Waals surface area contributed by atoms with Crippen molar-refractivity contribution in [2.75, 3.05) is 0 Å². The third kappa shape index (κ3) is 3.74. The van der Waals surface area contributed by atoms with Gasteiger partial charge in [0.25, 0.3) is 0 Å². The summed E-state index contributed by atoms with van der Waals surface area (Å²) in [6, 6.07) is 32.3. The van der Waals surface area contributed by atoms with Crippen molar-refractivity contribution in [3.8, 4) is 33.4 Å². The van der Waals surface area contributed by atoms with Gasteiger partial charge in [-0.25, -0.2) is 0 Å². The number of furan rings is 1. The van der Waals surface area contributed by atoms with Gasteiger partial charge in [-0.1, -0.05) is 133 Å². The first kappa shape index (κ1) is 19.0. The summed E-state index contributed by atoms with van der Waals surface area (Å²) in [6.45, 7) is 0. The highest BCUT2D eigenvalue weighted by molar-refractivity contribution is 7.25. The maximum atomic E-state index is 9.38. The number of para-hydroxylation sites is 2. The molecule has 1 nitrogen and oxygen atoms in total. The Hall–Kier alpha value is -5.70. The molecule has 0 unspecified atom stereocenters. The summed E-state index contributed by atoms with van der Waals surface area (Å²) in [5.74, 6) is 0. The van der Waals surface area contributed by atoms with Crippen LogP contribution < -0.4 is 0 Å². The molecule has 0 atom stereocenters. The molecule has 214 valence electrons. The van der Waals surface area contributed by atoms with Gasteiger partial charge in [0.15, 0.2) is 0 Å². The van der Waals surface area contributed by atoms with Gasteiger partial charge in [0.1, 0.15) is 11.2 Å². The topological polar surface area (TPSA) is 13.1 Å². The third-order valence-corrected chi connectivity index (χ3v) is 10.0.